The Morgan fingerprint density at radius 1 is 0.977 bits per heavy atom. The van der Waals surface area contributed by atoms with Crippen LogP contribution in [-0.2, 0) is 25.7 Å². The van der Waals surface area contributed by atoms with E-state index >= 15 is 0 Å². The zero-order valence-electron chi connectivity index (χ0n) is 24.4. The molecule has 1 fully saturated rings. The number of benzene rings is 3. The molecule has 4 rings (SSSR count). The molecule has 5 atom stereocenters. The number of rotatable bonds is 13. The van der Waals surface area contributed by atoms with Gasteiger partial charge in [0.05, 0.1) is 24.9 Å². The monoisotopic (exact) mass is 592 g/mol. The van der Waals surface area contributed by atoms with Gasteiger partial charge in [0, 0.05) is 43.1 Å². The Bertz CT molecular complexity index is 1350. The third kappa shape index (κ3) is 9.09. The highest BCUT2D eigenvalue weighted by Crippen LogP contribution is 2.42. The minimum absolute atomic E-state index is 0.0511. The molecule has 1 aliphatic heterocycles. The molecule has 3 aromatic carbocycles. The number of anilines is 1. The van der Waals surface area contributed by atoms with E-state index in [0.29, 0.717) is 24.3 Å². The van der Waals surface area contributed by atoms with Gasteiger partial charge in [-0.2, -0.15) is 0 Å². The number of phenolic OH excluding ortho intramolecular Hbond substituents is 1. The first-order chi connectivity index (χ1) is 20.6. The van der Waals surface area contributed by atoms with Gasteiger partial charge < -0.3 is 40.1 Å². The second-order valence-corrected chi connectivity index (χ2v) is 11.1. The van der Waals surface area contributed by atoms with Crippen molar-refractivity contribution in [3.63, 3.8) is 0 Å². The number of aliphatic hydroxyl groups excluding tert-OH is 2. The van der Waals surface area contributed by atoms with Crippen LogP contribution in [-0.4, -0.2) is 63.4 Å². The van der Waals surface area contributed by atoms with Crippen LogP contribution in [0.2, 0.25) is 0 Å². The molecule has 0 aromatic heterocycles. The number of aliphatic carboxylic acids is 1. The highest BCUT2D eigenvalue weighted by atomic mass is 16.7. The van der Waals surface area contributed by atoms with Gasteiger partial charge in [-0.1, -0.05) is 55.5 Å². The van der Waals surface area contributed by atoms with Crippen molar-refractivity contribution in [2.24, 2.45) is 5.92 Å². The lowest BCUT2D eigenvalue weighted by molar-refractivity contribution is -0.276. The lowest BCUT2D eigenvalue weighted by atomic mass is 9.90. The molecule has 0 spiro atoms. The first kappa shape index (κ1) is 32.1. The normalized spacial score (nSPS) is 21.0. The van der Waals surface area contributed by atoms with Crippen molar-refractivity contribution >= 4 is 17.6 Å². The van der Waals surface area contributed by atoms with E-state index in [1.807, 2.05) is 48.3 Å². The second-order valence-electron chi connectivity index (χ2n) is 11.1. The summed E-state index contributed by atoms with van der Waals surface area (Å²) in [6, 6.07) is 21.4. The Kier molecular flexibility index (Phi) is 11.3. The summed E-state index contributed by atoms with van der Waals surface area (Å²) in [4.78, 5) is 24.9. The number of nitrogens with one attached hydrogen (secondary N) is 1. The fraction of sp³-hybridized carbons (Fsp3) is 0.394. The number of carbonyl (C=O) groups excluding carboxylic acids is 1. The molecule has 1 amide bonds. The highest BCUT2D eigenvalue weighted by molar-refractivity contribution is 5.90. The Morgan fingerprint density at radius 3 is 2.33 bits per heavy atom. The number of hydrogen-bond acceptors (Lipinski definition) is 8. The average molecular weight is 593 g/mol. The van der Waals surface area contributed by atoms with Crippen molar-refractivity contribution in [3.05, 3.63) is 95.1 Å². The predicted octanol–water partition coefficient (Wildman–Crippen LogP) is 4.53. The lowest BCUT2D eigenvalue weighted by Gasteiger charge is -2.42. The van der Waals surface area contributed by atoms with Crippen molar-refractivity contribution in [2.45, 2.75) is 57.4 Å². The molecule has 0 saturated carbocycles. The summed E-state index contributed by atoms with van der Waals surface area (Å²) in [5.74, 6) is -1.14. The first-order valence-electron chi connectivity index (χ1n) is 14.4. The number of carbonyl (C=O) groups is 2. The predicted molar refractivity (Wildman–Crippen MR) is 160 cm³/mol. The molecule has 0 unspecified atom stereocenters. The minimum Gasteiger partial charge on any atom is -0.508 e. The van der Waals surface area contributed by atoms with Gasteiger partial charge in [0.25, 0.3) is 0 Å². The summed E-state index contributed by atoms with van der Waals surface area (Å²) >= 11 is 0. The molecule has 10 heteroatoms. The molecule has 0 bridgehead atoms. The number of carboxylic acids is 1. The molecule has 1 aliphatic rings. The zero-order valence-corrected chi connectivity index (χ0v) is 24.4. The molecular weight excluding hydrogens is 552 g/mol. The van der Waals surface area contributed by atoms with Gasteiger partial charge in [-0.3, -0.25) is 9.59 Å². The number of likely N-dealkylation sites (N-methyl/N-ethyl adjacent to an activating group) is 1. The van der Waals surface area contributed by atoms with Crippen LogP contribution in [0.3, 0.4) is 0 Å². The van der Waals surface area contributed by atoms with Gasteiger partial charge >= 0.3 is 5.97 Å². The molecule has 1 saturated heterocycles. The van der Waals surface area contributed by atoms with Crippen LogP contribution >= 0.6 is 0 Å². The quantitative estimate of drug-likeness (QED) is 0.193. The topological polar surface area (TPSA) is 149 Å². The van der Waals surface area contributed by atoms with E-state index in [4.69, 9.17) is 14.6 Å². The van der Waals surface area contributed by atoms with Crippen LogP contribution in [0, 0.1) is 5.92 Å². The number of amides is 1. The summed E-state index contributed by atoms with van der Waals surface area (Å²) in [6.07, 6.45) is -1.75. The van der Waals surface area contributed by atoms with Crippen molar-refractivity contribution in [2.75, 3.05) is 25.5 Å². The van der Waals surface area contributed by atoms with Crippen molar-refractivity contribution in [1.82, 2.24) is 4.90 Å². The number of aliphatic hydroxyl groups is 2. The second kappa shape index (κ2) is 15.1. The average Bonchev–Trinajstić information content (AvgIpc) is 2.98. The van der Waals surface area contributed by atoms with Gasteiger partial charge in [0.1, 0.15) is 5.75 Å². The standard InChI is InChI=1S/C33H40N2O8/c1-21-29(19-35(2)18-28(38)25-5-3-6-27(37)17-25)42-33(43-32(21)23-11-9-22(20-36)10-12-23)24-13-15-26(16-14-24)34-30(39)7-4-8-31(40)41/h3,5-6,9-17,21,28-29,32-33,36-38H,4,7-8,18-20H2,1-2H3,(H,34,39)(H,40,41)/t21-,28+,29+,32+,33+/m0/s1. The number of carboxylic acid groups (broad SMARTS) is 1. The lowest BCUT2D eigenvalue weighted by Crippen LogP contribution is -2.44. The highest BCUT2D eigenvalue weighted by Gasteiger charge is 2.39. The smallest absolute Gasteiger partial charge is 0.303 e. The van der Waals surface area contributed by atoms with E-state index in [1.54, 1.807) is 36.4 Å². The molecule has 0 radical (unpaired) electrons. The molecule has 230 valence electrons. The molecule has 43 heavy (non-hydrogen) atoms. The van der Waals surface area contributed by atoms with Crippen LogP contribution in [0.15, 0.2) is 72.8 Å². The maximum atomic E-state index is 12.2. The molecule has 10 nitrogen and oxygen atoms in total. The summed E-state index contributed by atoms with van der Waals surface area (Å²) in [5.41, 5.74) is 3.73. The van der Waals surface area contributed by atoms with Crippen molar-refractivity contribution in [1.29, 1.82) is 0 Å². The van der Waals surface area contributed by atoms with Gasteiger partial charge in [-0.25, -0.2) is 0 Å². The molecule has 5 N–H and O–H groups in total. The van der Waals surface area contributed by atoms with Gasteiger partial charge in [0.2, 0.25) is 5.91 Å². The Balaban J connectivity index is 1.48. The van der Waals surface area contributed by atoms with E-state index in [1.165, 1.54) is 0 Å². The van der Waals surface area contributed by atoms with Crippen LogP contribution in [0.1, 0.15) is 66.9 Å². The van der Waals surface area contributed by atoms with Gasteiger partial charge in [-0.05, 0) is 54.4 Å². The van der Waals surface area contributed by atoms with E-state index < -0.39 is 18.4 Å². The largest absolute Gasteiger partial charge is 0.508 e. The third-order valence-corrected chi connectivity index (χ3v) is 7.62. The summed E-state index contributed by atoms with van der Waals surface area (Å²) in [5, 5.41) is 41.6. The fourth-order valence-electron chi connectivity index (χ4n) is 5.19. The molecule has 3 aromatic rings. The Labute approximate surface area is 251 Å². The minimum atomic E-state index is -0.932. The summed E-state index contributed by atoms with van der Waals surface area (Å²) in [7, 11) is 1.91. The van der Waals surface area contributed by atoms with Crippen molar-refractivity contribution < 1.29 is 39.5 Å². The SMILES string of the molecule is C[C@H]1[C@@H](CN(C)C[C@@H](O)c2cccc(O)c2)O[C@@H](c2ccc(NC(=O)CCCC(=O)O)cc2)O[C@H]1c1ccc(CO)cc1. The van der Waals surface area contributed by atoms with E-state index in [2.05, 4.69) is 12.2 Å². The molecule has 1 heterocycles. The number of phenols is 1. The number of ether oxygens (including phenoxy) is 2. The molecule has 0 aliphatic carbocycles. The maximum absolute atomic E-state index is 12.2. The van der Waals surface area contributed by atoms with Crippen LogP contribution in [0.5, 0.6) is 5.75 Å². The van der Waals surface area contributed by atoms with Crippen LogP contribution in [0.25, 0.3) is 0 Å². The van der Waals surface area contributed by atoms with Crippen molar-refractivity contribution in [3.8, 4) is 5.75 Å². The number of aromatic hydroxyl groups is 1. The summed E-state index contributed by atoms with van der Waals surface area (Å²) < 4.78 is 13.0. The van der Waals surface area contributed by atoms with E-state index in [9.17, 15) is 24.9 Å². The third-order valence-electron chi connectivity index (χ3n) is 7.62. The van der Waals surface area contributed by atoms with Gasteiger partial charge in [-0.15, -0.1) is 0 Å². The van der Waals surface area contributed by atoms with Gasteiger partial charge in [0.15, 0.2) is 6.29 Å². The Hall–Kier alpha value is -3.80. The number of nitrogens with zero attached hydrogens (tertiary/aromatic N) is 1. The maximum Gasteiger partial charge on any atom is 0.303 e. The Morgan fingerprint density at radius 2 is 1.67 bits per heavy atom. The number of hydrogen-bond donors (Lipinski definition) is 5. The van der Waals surface area contributed by atoms with E-state index in [-0.39, 0.29) is 55.7 Å². The summed E-state index contributed by atoms with van der Waals surface area (Å²) in [6.45, 7) is 2.85. The van der Waals surface area contributed by atoms with Crippen LogP contribution < -0.4 is 5.32 Å². The molecular formula is C33H40N2O8. The van der Waals surface area contributed by atoms with E-state index in [0.717, 1.165) is 16.7 Å². The fourth-order valence-corrected chi connectivity index (χ4v) is 5.19. The zero-order chi connectivity index (χ0) is 30.9. The van der Waals surface area contributed by atoms with Crippen LogP contribution in [0.4, 0.5) is 5.69 Å². The first-order valence-corrected chi connectivity index (χ1v) is 14.4.